The van der Waals surface area contributed by atoms with Gasteiger partial charge in [-0.1, -0.05) is 12.1 Å². The van der Waals surface area contributed by atoms with E-state index in [1.54, 1.807) is 16.8 Å². The summed E-state index contributed by atoms with van der Waals surface area (Å²) in [6.07, 6.45) is 2.51. The molecule has 24 heavy (non-hydrogen) atoms. The van der Waals surface area contributed by atoms with Crippen molar-refractivity contribution in [2.75, 3.05) is 19.6 Å². The van der Waals surface area contributed by atoms with Crippen molar-refractivity contribution in [3.8, 4) is 0 Å². The second kappa shape index (κ2) is 6.89. The maximum atomic E-state index is 11.4. The van der Waals surface area contributed by atoms with Gasteiger partial charge in [0, 0.05) is 37.1 Å². The summed E-state index contributed by atoms with van der Waals surface area (Å²) in [5, 5.41) is 20.2. The van der Waals surface area contributed by atoms with E-state index < -0.39 is 5.97 Å². The van der Waals surface area contributed by atoms with Crippen LogP contribution in [0.3, 0.4) is 0 Å². The molecule has 3 aliphatic rings. The minimum absolute atomic E-state index is 0. The zero-order chi connectivity index (χ0) is 16.0. The average molecular weight is 320 g/mol. The first-order chi connectivity index (χ1) is 11.1. The smallest absolute Gasteiger partial charge is 0.545 e. The Morgan fingerprint density at radius 2 is 2.12 bits per heavy atom. The Kier molecular flexibility index (Phi) is 5.02. The fraction of sp³-hybridized carbons (Fsp3) is 0.529. The van der Waals surface area contributed by atoms with Gasteiger partial charge in [0.15, 0.2) is 0 Å². The van der Waals surface area contributed by atoms with Crippen LogP contribution in [0.2, 0.25) is 0 Å². The van der Waals surface area contributed by atoms with E-state index in [0.717, 1.165) is 23.7 Å². The Labute approximate surface area is 153 Å². The van der Waals surface area contributed by atoms with Crippen LogP contribution in [0.1, 0.15) is 28.9 Å². The molecule has 3 saturated heterocycles. The molecule has 1 N–H and O–H groups in total. The molecule has 2 bridgehead atoms. The number of nitrogens with one attached hydrogen (secondary N) is 1. The Bertz CT molecular complexity index is 752. The summed E-state index contributed by atoms with van der Waals surface area (Å²) < 4.78 is 1.75. The van der Waals surface area contributed by atoms with Crippen LogP contribution in [-0.4, -0.2) is 46.3 Å². The molecule has 3 aliphatic heterocycles. The van der Waals surface area contributed by atoms with Crippen LogP contribution >= 0.6 is 0 Å². The number of benzene rings is 1. The van der Waals surface area contributed by atoms with Crippen molar-refractivity contribution in [3.05, 3.63) is 29.5 Å². The predicted octanol–water partition coefficient (Wildman–Crippen LogP) is -2.88. The van der Waals surface area contributed by atoms with Gasteiger partial charge in [-0.15, -0.1) is 0 Å². The van der Waals surface area contributed by atoms with Gasteiger partial charge in [0.25, 0.3) is 0 Å². The van der Waals surface area contributed by atoms with Crippen LogP contribution in [0.15, 0.2) is 18.2 Å². The van der Waals surface area contributed by atoms with Crippen molar-refractivity contribution >= 4 is 16.9 Å². The number of nitrogens with zero attached hydrogens (tertiary/aromatic N) is 3. The van der Waals surface area contributed by atoms with E-state index in [9.17, 15) is 9.90 Å². The first kappa shape index (κ1) is 17.5. The van der Waals surface area contributed by atoms with Gasteiger partial charge >= 0.3 is 18.9 Å². The summed E-state index contributed by atoms with van der Waals surface area (Å²) >= 11 is 0. The molecule has 1 atom stereocenters. The molecule has 0 unspecified atom stereocenters. The number of aryl methyl sites for hydroxylation is 1. The summed E-state index contributed by atoms with van der Waals surface area (Å²) in [6.45, 7) is 4.10. The minimum Gasteiger partial charge on any atom is -0.545 e. The Balaban J connectivity index is 0.00000169. The third-order valence-corrected chi connectivity index (χ3v) is 5.36. The number of rotatable bonds is 4. The van der Waals surface area contributed by atoms with Crippen LogP contribution in [0.25, 0.3) is 10.9 Å². The van der Waals surface area contributed by atoms with E-state index in [2.05, 4.69) is 15.3 Å². The minimum atomic E-state index is -1.15. The van der Waals surface area contributed by atoms with E-state index in [0.29, 0.717) is 18.0 Å². The Morgan fingerprint density at radius 1 is 1.38 bits per heavy atom. The average Bonchev–Trinajstić information content (AvgIpc) is 2.90. The molecule has 0 saturated carbocycles. The Hall–Kier alpha value is -1.32. The van der Waals surface area contributed by atoms with Gasteiger partial charge in [-0.3, -0.25) is 4.68 Å². The van der Waals surface area contributed by atoms with E-state index in [4.69, 9.17) is 0 Å². The van der Waals surface area contributed by atoms with Gasteiger partial charge in [-0.05, 0) is 37.9 Å². The number of carbonyl (C=O) groups is 1. The maximum Gasteiger partial charge on any atom is 1.00 e. The van der Waals surface area contributed by atoms with E-state index in [-0.39, 0.29) is 24.4 Å². The molecule has 7 heteroatoms. The first-order valence-electron chi connectivity index (χ1n) is 8.25. The van der Waals surface area contributed by atoms with Crippen LogP contribution in [0, 0.1) is 5.92 Å². The molecule has 1 aromatic carbocycles. The normalized spacial score (nSPS) is 25.6. The molecule has 0 spiro atoms. The van der Waals surface area contributed by atoms with Gasteiger partial charge in [-0.2, -0.15) is 5.10 Å². The zero-order valence-electron chi connectivity index (χ0n) is 14.3. The fourth-order valence-corrected chi connectivity index (χ4v) is 4.12. The number of aromatic carboxylic acids is 1. The molecule has 122 valence electrons. The molecular formula is C17H21LiN4O2. The second-order valence-electron chi connectivity index (χ2n) is 6.68. The van der Waals surface area contributed by atoms with Gasteiger partial charge in [0.05, 0.1) is 17.2 Å². The summed E-state index contributed by atoms with van der Waals surface area (Å²) in [7, 11) is 1.85. The quantitative estimate of drug-likeness (QED) is 0.613. The van der Waals surface area contributed by atoms with Crippen molar-refractivity contribution in [2.24, 2.45) is 13.0 Å². The monoisotopic (exact) mass is 320 g/mol. The van der Waals surface area contributed by atoms with Gasteiger partial charge in [0.2, 0.25) is 0 Å². The number of fused-ring (bicyclic) bond motifs is 4. The predicted molar refractivity (Wildman–Crippen MR) is 84.8 cm³/mol. The van der Waals surface area contributed by atoms with Crippen LogP contribution in [-0.2, 0) is 13.6 Å². The maximum absolute atomic E-state index is 11.4. The molecule has 1 aromatic heterocycles. The number of carbonyl (C=O) groups excluding carboxylic acids is 1. The third kappa shape index (κ3) is 3.00. The number of hydrogen-bond acceptors (Lipinski definition) is 5. The fourth-order valence-electron chi connectivity index (χ4n) is 4.12. The van der Waals surface area contributed by atoms with Crippen LogP contribution in [0.4, 0.5) is 0 Å². The molecule has 2 aromatic rings. The topological polar surface area (TPSA) is 73.2 Å². The first-order valence-corrected chi connectivity index (χ1v) is 8.25. The molecule has 0 aliphatic carbocycles. The van der Waals surface area contributed by atoms with E-state index in [1.165, 1.54) is 25.9 Å². The number of aromatic nitrogens is 2. The molecular weight excluding hydrogens is 299 g/mol. The van der Waals surface area contributed by atoms with Crippen molar-refractivity contribution < 1.29 is 28.8 Å². The van der Waals surface area contributed by atoms with E-state index in [1.807, 2.05) is 13.1 Å². The summed E-state index contributed by atoms with van der Waals surface area (Å²) in [5.74, 6) is -0.414. The molecule has 5 rings (SSSR count). The van der Waals surface area contributed by atoms with Crippen molar-refractivity contribution in [2.45, 2.75) is 25.4 Å². The molecule has 4 heterocycles. The van der Waals surface area contributed by atoms with Crippen LogP contribution < -0.4 is 29.3 Å². The largest absolute Gasteiger partial charge is 1.00 e. The van der Waals surface area contributed by atoms with Crippen molar-refractivity contribution in [1.82, 2.24) is 20.0 Å². The van der Waals surface area contributed by atoms with E-state index >= 15 is 0 Å². The second-order valence-corrected chi connectivity index (χ2v) is 6.68. The standard InChI is InChI=1S/C17H22N4O2.Li/c1-20-15-4-2-3-12(17(22)23)16(15)13(19-20)9-18-14-10-21-7-5-11(14)6-8-21;/h2-4,11,14,18H,5-10H2,1H3,(H,22,23);/q;+1/p-1/t14-;/m0./s1. The number of hydrogen-bond donors (Lipinski definition) is 1. The molecule has 0 radical (unpaired) electrons. The molecule has 6 nitrogen and oxygen atoms in total. The van der Waals surface area contributed by atoms with Crippen molar-refractivity contribution in [1.29, 1.82) is 0 Å². The van der Waals surface area contributed by atoms with Gasteiger partial charge < -0.3 is 20.1 Å². The van der Waals surface area contributed by atoms with Crippen molar-refractivity contribution in [3.63, 3.8) is 0 Å². The number of carboxylic acid groups (broad SMARTS) is 1. The summed E-state index contributed by atoms with van der Waals surface area (Å²) in [6, 6.07) is 5.70. The van der Waals surface area contributed by atoms with Gasteiger partial charge in [-0.25, -0.2) is 0 Å². The molecule has 0 amide bonds. The third-order valence-electron chi connectivity index (χ3n) is 5.36. The SMILES string of the molecule is Cn1nc(CN[C@H]2CN3CCC2CC3)c2c(C(=O)[O-])cccc21.[Li+]. The number of piperidine rings is 3. The summed E-state index contributed by atoms with van der Waals surface area (Å²) in [5.41, 5.74) is 1.84. The van der Waals surface area contributed by atoms with Gasteiger partial charge in [0.1, 0.15) is 0 Å². The summed E-state index contributed by atoms with van der Waals surface area (Å²) in [4.78, 5) is 13.9. The molecule has 3 fully saturated rings. The van der Waals surface area contributed by atoms with Crippen LogP contribution in [0.5, 0.6) is 0 Å². The Morgan fingerprint density at radius 3 is 2.75 bits per heavy atom. The number of carboxylic acids is 1. The zero-order valence-corrected chi connectivity index (χ0v) is 14.3.